The number of hydrogen-bond acceptors (Lipinski definition) is 6. The molecule has 8 heteroatoms. The maximum atomic E-state index is 11.7. The molecule has 0 saturated carbocycles. The number of nitrogens with zero attached hydrogens (tertiary/aromatic N) is 1. The van der Waals surface area contributed by atoms with E-state index in [2.05, 4.69) is 26.5 Å². The van der Waals surface area contributed by atoms with Gasteiger partial charge >= 0.3 is 0 Å². The van der Waals surface area contributed by atoms with Crippen molar-refractivity contribution >= 4 is 28.1 Å². The van der Waals surface area contributed by atoms with Crippen LogP contribution in [0, 0.1) is 0 Å². The molecular weight excluding hydrogens is 380 g/mol. The van der Waals surface area contributed by atoms with Crippen molar-refractivity contribution in [2.24, 2.45) is 5.10 Å². The van der Waals surface area contributed by atoms with E-state index in [4.69, 9.17) is 9.47 Å². The molecule has 2 aromatic carbocycles. The Labute approximate surface area is 146 Å². The van der Waals surface area contributed by atoms with E-state index in [0.717, 1.165) is 0 Å². The predicted molar refractivity (Wildman–Crippen MR) is 91.7 cm³/mol. The van der Waals surface area contributed by atoms with Crippen molar-refractivity contribution in [3.63, 3.8) is 0 Å². The first-order valence-corrected chi connectivity index (χ1v) is 7.59. The van der Waals surface area contributed by atoms with Crippen LogP contribution < -0.4 is 14.9 Å². The monoisotopic (exact) mass is 394 g/mol. The fraction of sp³-hybridized carbons (Fsp3) is 0.125. The smallest absolute Gasteiger partial charge is 0.277 e. The number of rotatable bonds is 6. The van der Waals surface area contributed by atoms with Crippen molar-refractivity contribution in [1.82, 2.24) is 5.43 Å². The molecule has 0 spiro atoms. The number of carbonyl (C=O) groups is 1. The Morgan fingerprint density at radius 3 is 2.71 bits per heavy atom. The van der Waals surface area contributed by atoms with Crippen LogP contribution in [0.4, 0.5) is 0 Å². The minimum atomic E-state index is -0.447. The SMILES string of the molecule is COc1ccc(OCC(=O)N/N=C/c2ccc(O)c(O)c2)c(Br)c1. The van der Waals surface area contributed by atoms with Gasteiger partial charge in [0.2, 0.25) is 0 Å². The van der Waals surface area contributed by atoms with E-state index in [0.29, 0.717) is 21.5 Å². The van der Waals surface area contributed by atoms with Crippen molar-refractivity contribution in [2.75, 3.05) is 13.7 Å². The van der Waals surface area contributed by atoms with Crippen LogP contribution >= 0.6 is 15.9 Å². The van der Waals surface area contributed by atoms with Gasteiger partial charge in [-0.05, 0) is 57.9 Å². The number of ether oxygens (including phenoxy) is 2. The summed E-state index contributed by atoms with van der Waals surface area (Å²) in [5.41, 5.74) is 2.82. The van der Waals surface area contributed by atoms with E-state index >= 15 is 0 Å². The molecule has 2 aromatic rings. The largest absolute Gasteiger partial charge is 0.504 e. The maximum absolute atomic E-state index is 11.7. The number of nitrogens with one attached hydrogen (secondary N) is 1. The number of phenols is 2. The number of amides is 1. The second kappa shape index (κ2) is 8.21. The molecule has 7 nitrogen and oxygen atoms in total. The standard InChI is InChI=1S/C16H15BrN2O5/c1-23-11-3-5-15(12(17)7-11)24-9-16(22)19-18-8-10-2-4-13(20)14(21)6-10/h2-8,20-21H,9H2,1H3,(H,19,22)/b18-8+. The molecule has 1 amide bonds. The molecule has 0 aromatic heterocycles. The number of benzene rings is 2. The lowest BCUT2D eigenvalue weighted by Gasteiger charge is -2.08. The van der Waals surface area contributed by atoms with Crippen LogP contribution in [-0.4, -0.2) is 36.1 Å². The first-order chi connectivity index (χ1) is 11.5. The average molecular weight is 395 g/mol. The number of phenolic OH excluding ortho intramolecular Hbond substituents is 2. The molecule has 24 heavy (non-hydrogen) atoms. The molecule has 0 radical (unpaired) electrons. The predicted octanol–water partition coefficient (Wildman–Crippen LogP) is 2.40. The molecule has 0 saturated heterocycles. The molecule has 0 aliphatic heterocycles. The van der Waals surface area contributed by atoms with Crippen molar-refractivity contribution in [1.29, 1.82) is 0 Å². The average Bonchev–Trinajstić information content (AvgIpc) is 2.57. The van der Waals surface area contributed by atoms with Crippen LogP contribution in [0.15, 0.2) is 46.0 Å². The molecule has 3 N–H and O–H groups in total. The van der Waals surface area contributed by atoms with Gasteiger partial charge in [-0.3, -0.25) is 4.79 Å². The van der Waals surface area contributed by atoms with Gasteiger partial charge in [-0.2, -0.15) is 5.10 Å². The number of aromatic hydroxyl groups is 2. The lowest BCUT2D eigenvalue weighted by Crippen LogP contribution is -2.24. The zero-order valence-corrected chi connectivity index (χ0v) is 14.3. The van der Waals surface area contributed by atoms with Crippen molar-refractivity contribution < 1.29 is 24.5 Å². The van der Waals surface area contributed by atoms with E-state index in [1.54, 1.807) is 25.3 Å². The Hall–Kier alpha value is -2.74. The molecule has 0 atom stereocenters. The highest BCUT2D eigenvalue weighted by molar-refractivity contribution is 9.10. The summed E-state index contributed by atoms with van der Waals surface area (Å²) < 4.78 is 11.1. The molecule has 2 rings (SSSR count). The first-order valence-electron chi connectivity index (χ1n) is 6.80. The van der Waals surface area contributed by atoms with Gasteiger partial charge in [-0.25, -0.2) is 5.43 Å². The topological polar surface area (TPSA) is 100 Å². The van der Waals surface area contributed by atoms with E-state index in [9.17, 15) is 15.0 Å². The Kier molecular flexibility index (Phi) is 6.02. The number of carbonyl (C=O) groups excluding carboxylic acids is 1. The summed E-state index contributed by atoms with van der Waals surface area (Å²) in [4.78, 5) is 11.7. The third-order valence-electron chi connectivity index (χ3n) is 2.90. The maximum Gasteiger partial charge on any atom is 0.277 e. The minimum absolute atomic E-state index is 0.219. The van der Waals surface area contributed by atoms with Gasteiger partial charge in [0.1, 0.15) is 11.5 Å². The second-order valence-electron chi connectivity index (χ2n) is 4.63. The van der Waals surface area contributed by atoms with Crippen LogP contribution in [0.1, 0.15) is 5.56 Å². The van der Waals surface area contributed by atoms with E-state index in [-0.39, 0.29) is 18.1 Å². The zero-order valence-electron chi connectivity index (χ0n) is 12.7. The normalized spacial score (nSPS) is 10.6. The zero-order chi connectivity index (χ0) is 17.5. The van der Waals surface area contributed by atoms with E-state index in [1.165, 1.54) is 24.4 Å². The summed E-state index contributed by atoms with van der Waals surface area (Å²) in [6.07, 6.45) is 1.33. The van der Waals surface area contributed by atoms with Crippen LogP contribution in [0.5, 0.6) is 23.0 Å². The Morgan fingerprint density at radius 2 is 2.04 bits per heavy atom. The molecule has 0 bridgehead atoms. The van der Waals surface area contributed by atoms with Gasteiger partial charge in [-0.15, -0.1) is 0 Å². The number of hydrazone groups is 1. The van der Waals surface area contributed by atoms with E-state index in [1.807, 2.05) is 0 Å². The molecular formula is C16H15BrN2O5. The summed E-state index contributed by atoms with van der Waals surface area (Å²) in [5.74, 6) is 0.225. The lowest BCUT2D eigenvalue weighted by atomic mass is 10.2. The summed E-state index contributed by atoms with van der Waals surface area (Å²) >= 11 is 3.32. The van der Waals surface area contributed by atoms with Crippen LogP contribution in [0.3, 0.4) is 0 Å². The first kappa shape index (κ1) is 17.6. The molecule has 0 fully saturated rings. The summed E-state index contributed by atoms with van der Waals surface area (Å²) in [7, 11) is 1.56. The highest BCUT2D eigenvalue weighted by Gasteiger charge is 2.06. The van der Waals surface area contributed by atoms with Crippen LogP contribution in [0.25, 0.3) is 0 Å². The van der Waals surface area contributed by atoms with Crippen LogP contribution in [0.2, 0.25) is 0 Å². The van der Waals surface area contributed by atoms with Gasteiger partial charge in [-0.1, -0.05) is 0 Å². The van der Waals surface area contributed by atoms with Gasteiger partial charge in [0.15, 0.2) is 18.1 Å². The highest BCUT2D eigenvalue weighted by Crippen LogP contribution is 2.29. The Morgan fingerprint density at radius 1 is 1.25 bits per heavy atom. The minimum Gasteiger partial charge on any atom is -0.504 e. The summed E-state index contributed by atoms with van der Waals surface area (Å²) in [6.45, 7) is -0.219. The summed E-state index contributed by atoms with van der Waals surface area (Å²) in [5, 5.41) is 22.3. The quantitative estimate of drug-likeness (QED) is 0.396. The molecule has 0 heterocycles. The third-order valence-corrected chi connectivity index (χ3v) is 3.52. The van der Waals surface area contributed by atoms with E-state index < -0.39 is 5.91 Å². The number of hydrogen-bond donors (Lipinski definition) is 3. The molecule has 0 aliphatic carbocycles. The van der Waals surface area contributed by atoms with Crippen molar-refractivity contribution in [3.8, 4) is 23.0 Å². The highest BCUT2D eigenvalue weighted by atomic mass is 79.9. The number of halogens is 1. The van der Waals surface area contributed by atoms with Gasteiger partial charge in [0.25, 0.3) is 5.91 Å². The van der Waals surface area contributed by atoms with Crippen molar-refractivity contribution in [2.45, 2.75) is 0 Å². The number of methoxy groups -OCH3 is 1. The fourth-order valence-electron chi connectivity index (χ4n) is 1.70. The molecule has 126 valence electrons. The Balaban J connectivity index is 1.85. The Bertz CT molecular complexity index is 764. The van der Waals surface area contributed by atoms with Crippen molar-refractivity contribution in [3.05, 3.63) is 46.4 Å². The second-order valence-corrected chi connectivity index (χ2v) is 5.48. The summed E-state index contributed by atoms with van der Waals surface area (Å²) in [6, 6.07) is 9.29. The van der Waals surface area contributed by atoms with Gasteiger partial charge in [0, 0.05) is 0 Å². The molecule has 0 aliphatic rings. The fourth-order valence-corrected chi connectivity index (χ4v) is 2.17. The van der Waals surface area contributed by atoms with Gasteiger partial charge in [0.05, 0.1) is 17.8 Å². The van der Waals surface area contributed by atoms with Gasteiger partial charge < -0.3 is 19.7 Å². The third kappa shape index (κ3) is 4.88. The molecule has 0 unspecified atom stereocenters. The lowest BCUT2D eigenvalue weighted by molar-refractivity contribution is -0.123. The van der Waals surface area contributed by atoms with Crippen LogP contribution in [-0.2, 0) is 4.79 Å².